The molecule has 1 heterocycles. The van der Waals surface area contributed by atoms with Gasteiger partial charge in [-0.2, -0.15) is 0 Å². The van der Waals surface area contributed by atoms with E-state index in [9.17, 15) is 4.79 Å². The molecule has 13 heavy (non-hydrogen) atoms. The lowest BCUT2D eigenvalue weighted by molar-refractivity contribution is -0.136. The summed E-state index contributed by atoms with van der Waals surface area (Å²) < 4.78 is 0. The van der Waals surface area contributed by atoms with Crippen LogP contribution in [0.25, 0.3) is 0 Å². The summed E-state index contributed by atoms with van der Waals surface area (Å²) in [6.07, 6.45) is 4.08. The lowest BCUT2D eigenvalue weighted by Gasteiger charge is -1.86. The Hall–Kier alpha value is -1.36. The van der Waals surface area contributed by atoms with Gasteiger partial charge in [-0.3, -0.25) is 4.79 Å². The van der Waals surface area contributed by atoms with Crippen molar-refractivity contribution < 1.29 is 9.90 Å². The van der Waals surface area contributed by atoms with Crippen LogP contribution < -0.4 is 5.73 Å². The highest BCUT2D eigenvalue weighted by Gasteiger charge is 1.95. The van der Waals surface area contributed by atoms with Crippen molar-refractivity contribution in [2.75, 3.05) is 5.73 Å². The monoisotopic (exact) mass is 198 g/mol. The van der Waals surface area contributed by atoms with Crippen molar-refractivity contribution in [3.05, 3.63) is 23.2 Å². The Kier molecular flexibility index (Phi) is 3.45. The van der Waals surface area contributed by atoms with Gasteiger partial charge in [-0.1, -0.05) is 12.2 Å². The molecule has 0 atom stereocenters. The Morgan fingerprint density at radius 2 is 2.46 bits per heavy atom. The average Bonchev–Trinajstić information content (AvgIpc) is 2.45. The molecule has 0 aliphatic rings. The molecule has 0 radical (unpaired) electrons. The summed E-state index contributed by atoms with van der Waals surface area (Å²) in [5.41, 5.74) is 6.30. The molecule has 5 heteroatoms. The van der Waals surface area contributed by atoms with Gasteiger partial charge in [0.1, 0.15) is 0 Å². The number of thiazole rings is 1. The van der Waals surface area contributed by atoms with E-state index in [-0.39, 0.29) is 6.42 Å². The van der Waals surface area contributed by atoms with E-state index in [1.165, 1.54) is 11.3 Å². The topological polar surface area (TPSA) is 76.2 Å². The van der Waals surface area contributed by atoms with Gasteiger partial charge in [-0.25, -0.2) is 4.98 Å². The maximum absolute atomic E-state index is 10.1. The van der Waals surface area contributed by atoms with Crippen LogP contribution in [0.1, 0.15) is 12.1 Å². The van der Waals surface area contributed by atoms with Gasteiger partial charge in [0, 0.05) is 11.8 Å². The van der Waals surface area contributed by atoms with E-state index in [0.29, 0.717) is 11.6 Å². The quantitative estimate of drug-likeness (QED) is 0.715. The molecule has 1 aromatic heterocycles. The minimum absolute atomic E-state index is 0.0552. The number of nitrogen functional groups attached to an aromatic ring is 1. The van der Waals surface area contributed by atoms with Crippen LogP contribution in [0.15, 0.2) is 17.5 Å². The first kappa shape index (κ1) is 9.73. The highest BCUT2D eigenvalue weighted by molar-refractivity contribution is 7.13. The SMILES string of the molecule is Nc1nc(CC=CCC(=O)O)cs1. The third-order valence-corrected chi connectivity index (χ3v) is 2.08. The van der Waals surface area contributed by atoms with E-state index in [1.54, 1.807) is 12.2 Å². The fourth-order valence-electron chi connectivity index (χ4n) is 0.805. The number of aromatic nitrogens is 1. The highest BCUT2D eigenvalue weighted by atomic mass is 32.1. The maximum atomic E-state index is 10.1. The fourth-order valence-corrected chi connectivity index (χ4v) is 1.38. The van der Waals surface area contributed by atoms with E-state index in [0.717, 1.165) is 5.69 Å². The molecule has 0 spiro atoms. The Bertz CT molecular complexity index is 320. The molecule has 0 aliphatic heterocycles. The van der Waals surface area contributed by atoms with Crippen LogP contribution in [0.4, 0.5) is 5.13 Å². The maximum Gasteiger partial charge on any atom is 0.307 e. The number of allylic oxidation sites excluding steroid dienone is 1. The van der Waals surface area contributed by atoms with E-state index >= 15 is 0 Å². The molecule has 3 N–H and O–H groups in total. The molecule has 0 aliphatic carbocycles. The van der Waals surface area contributed by atoms with Crippen LogP contribution in [0.5, 0.6) is 0 Å². The number of carbonyl (C=O) groups is 1. The standard InChI is InChI=1S/C8H10N2O2S/c9-8-10-6(5-13-8)3-1-2-4-7(11)12/h1-2,5H,3-4H2,(H2,9,10)(H,11,12). The number of anilines is 1. The molecular weight excluding hydrogens is 188 g/mol. The van der Waals surface area contributed by atoms with Crippen LogP contribution in [0, 0.1) is 0 Å². The van der Waals surface area contributed by atoms with Crippen LogP contribution in [0.3, 0.4) is 0 Å². The Balaban J connectivity index is 2.34. The number of hydrogen-bond acceptors (Lipinski definition) is 4. The van der Waals surface area contributed by atoms with Gasteiger partial charge in [-0.15, -0.1) is 11.3 Å². The summed E-state index contributed by atoms with van der Waals surface area (Å²) in [6.45, 7) is 0. The molecule has 0 saturated heterocycles. The van der Waals surface area contributed by atoms with Crippen molar-refractivity contribution in [3.63, 3.8) is 0 Å². The summed E-state index contributed by atoms with van der Waals surface area (Å²) in [7, 11) is 0. The molecule has 70 valence electrons. The van der Waals surface area contributed by atoms with Gasteiger partial charge in [0.05, 0.1) is 12.1 Å². The smallest absolute Gasteiger partial charge is 0.307 e. The second-order valence-corrected chi connectivity index (χ2v) is 3.34. The summed E-state index contributed by atoms with van der Waals surface area (Å²) in [5.74, 6) is -0.825. The number of hydrogen-bond donors (Lipinski definition) is 2. The number of rotatable bonds is 4. The van der Waals surface area contributed by atoms with E-state index in [2.05, 4.69) is 4.98 Å². The first-order valence-electron chi connectivity index (χ1n) is 3.75. The predicted octanol–water partition coefficient (Wildman–Crippen LogP) is 1.30. The lowest BCUT2D eigenvalue weighted by atomic mass is 10.3. The fraction of sp³-hybridized carbons (Fsp3) is 0.250. The van der Waals surface area contributed by atoms with Crippen molar-refractivity contribution in [2.45, 2.75) is 12.8 Å². The average molecular weight is 198 g/mol. The number of nitrogens with zero attached hydrogens (tertiary/aromatic N) is 1. The molecule has 0 saturated carbocycles. The number of carboxylic acids is 1. The van der Waals surface area contributed by atoms with Gasteiger partial charge in [0.25, 0.3) is 0 Å². The van der Waals surface area contributed by atoms with Gasteiger partial charge >= 0.3 is 5.97 Å². The van der Waals surface area contributed by atoms with Gasteiger partial charge in [0.2, 0.25) is 0 Å². The summed E-state index contributed by atoms with van der Waals surface area (Å²) >= 11 is 1.39. The lowest BCUT2D eigenvalue weighted by Crippen LogP contribution is -1.90. The normalized spacial score (nSPS) is 10.8. The van der Waals surface area contributed by atoms with Crippen molar-refractivity contribution in [3.8, 4) is 0 Å². The van der Waals surface area contributed by atoms with Gasteiger partial charge in [0.15, 0.2) is 5.13 Å². The van der Waals surface area contributed by atoms with Crippen LogP contribution in [0.2, 0.25) is 0 Å². The zero-order valence-electron chi connectivity index (χ0n) is 6.93. The molecule has 4 nitrogen and oxygen atoms in total. The predicted molar refractivity (Wildman–Crippen MR) is 51.6 cm³/mol. The first-order chi connectivity index (χ1) is 6.18. The Morgan fingerprint density at radius 3 is 3.00 bits per heavy atom. The minimum atomic E-state index is -0.825. The van der Waals surface area contributed by atoms with Crippen molar-refractivity contribution in [2.24, 2.45) is 0 Å². The number of carboxylic acid groups (broad SMARTS) is 1. The minimum Gasteiger partial charge on any atom is -0.481 e. The Labute approximate surface area is 79.7 Å². The van der Waals surface area contributed by atoms with E-state index in [4.69, 9.17) is 10.8 Å². The zero-order valence-corrected chi connectivity index (χ0v) is 7.75. The second kappa shape index (κ2) is 4.61. The Morgan fingerprint density at radius 1 is 1.69 bits per heavy atom. The van der Waals surface area contributed by atoms with Gasteiger partial charge in [-0.05, 0) is 0 Å². The van der Waals surface area contributed by atoms with E-state index in [1.807, 2.05) is 5.38 Å². The summed E-state index contributed by atoms with van der Waals surface area (Å²) in [6, 6.07) is 0. The van der Waals surface area contributed by atoms with Crippen LogP contribution >= 0.6 is 11.3 Å². The number of aliphatic carboxylic acids is 1. The summed E-state index contributed by atoms with van der Waals surface area (Å²) in [5, 5.41) is 10.7. The molecular formula is C8H10N2O2S. The van der Waals surface area contributed by atoms with Crippen molar-refractivity contribution in [1.82, 2.24) is 4.98 Å². The molecule has 0 amide bonds. The molecule has 1 rings (SSSR count). The summed E-state index contributed by atoms with van der Waals surface area (Å²) in [4.78, 5) is 14.2. The van der Waals surface area contributed by atoms with Crippen molar-refractivity contribution >= 4 is 22.4 Å². The second-order valence-electron chi connectivity index (χ2n) is 2.45. The third kappa shape index (κ3) is 3.71. The molecule has 0 fully saturated rings. The largest absolute Gasteiger partial charge is 0.481 e. The van der Waals surface area contributed by atoms with E-state index < -0.39 is 5.97 Å². The molecule has 0 aromatic carbocycles. The highest BCUT2D eigenvalue weighted by Crippen LogP contribution is 2.11. The third-order valence-electron chi connectivity index (χ3n) is 1.36. The molecule has 1 aromatic rings. The molecule has 0 bridgehead atoms. The van der Waals surface area contributed by atoms with Gasteiger partial charge < -0.3 is 10.8 Å². The van der Waals surface area contributed by atoms with Crippen LogP contribution in [-0.2, 0) is 11.2 Å². The zero-order chi connectivity index (χ0) is 9.68. The molecule has 0 unspecified atom stereocenters. The number of nitrogens with two attached hydrogens (primary N) is 1. The van der Waals surface area contributed by atoms with Crippen LogP contribution in [-0.4, -0.2) is 16.1 Å². The van der Waals surface area contributed by atoms with Crippen molar-refractivity contribution in [1.29, 1.82) is 0 Å². The first-order valence-corrected chi connectivity index (χ1v) is 4.63.